The smallest absolute Gasteiger partial charge is 0.256 e. The first-order valence-corrected chi connectivity index (χ1v) is 9.66. The van der Waals surface area contributed by atoms with Gasteiger partial charge in [-0.2, -0.15) is 0 Å². The molecule has 0 aliphatic heterocycles. The molecule has 0 atom stereocenters. The highest BCUT2D eigenvalue weighted by molar-refractivity contribution is 14.1. The Morgan fingerprint density at radius 2 is 1.73 bits per heavy atom. The summed E-state index contributed by atoms with van der Waals surface area (Å²) >= 11 is 3.49. The molecule has 0 aliphatic carbocycles. The maximum absolute atomic E-state index is 13.4. The van der Waals surface area contributed by atoms with Crippen molar-refractivity contribution in [2.75, 3.05) is 10.6 Å². The first-order chi connectivity index (χ1) is 12.5. The zero-order chi connectivity index (χ0) is 18.5. The third-order valence-corrected chi connectivity index (χ3v) is 5.35. The average molecular weight is 480 g/mol. The second-order valence-electron chi connectivity index (χ2n) is 5.43. The van der Waals surface area contributed by atoms with Crippen molar-refractivity contribution in [2.45, 2.75) is 6.42 Å². The van der Waals surface area contributed by atoms with Gasteiger partial charge in [0.05, 0.1) is 23.4 Å². The lowest BCUT2D eigenvalue weighted by atomic mass is 10.2. The van der Waals surface area contributed by atoms with E-state index in [1.54, 1.807) is 30.3 Å². The lowest BCUT2D eigenvalue weighted by Crippen LogP contribution is -2.18. The molecule has 0 bridgehead atoms. The lowest BCUT2D eigenvalue weighted by Gasteiger charge is -2.13. The van der Waals surface area contributed by atoms with Gasteiger partial charge in [0.1, 0.15) is 5.82 Å². The number of hydrogen-bond acceptors (Lipinski definition) is 3. The van der Waals surface area contributed by atoms with Crippen LogP contribution >= 0.6 is 33.9 Å². The van der Waals surface area contributed by atoms with Crippen LogP contribution in [0.25, 0.3) is 0 Å². The Hall–Kier alpha value is -2.26. The molecule has 0 aliphatic rings. The molecule has 2 N–H and O–H groups in total. The fourth-order valence-corrected chi connectivity index (χ4v) is 3.61. The number of halogens is 2. The average Bonchev–Trinajstić information content (AvgIpc) is 3.11. The van der Waals surface area contributed by atoms with E-state index in [1.165, 1.54) is 23.5 Å². The van der Waals surface area contributed by atoms with Gasteiger partial charge in [-0.3, -0.25) is 9.59 Å². The van der Waals surface area contributed by atoms with Gasteiger partial charge in [-0.15, -0.1) is 11.3 Å². The predicted molar refractivity (Wildman–Crippen MR) is 110 cm³/mol. The number of carbonyl (C=O) groups is 2. The van der Waals surface area contributed by atoms with E-state index in [0.717, 1.165) is 4.88 Å². The van der Waals surface area contributed by atoms with Gasteiger partial charge in [-0.05, 0) is 64.4 Å². The number of thiophene rings is 1. The minimum Gasteiger partial charge on any atom is -0.324 e. The fraction of sp³-hybridized carbons (Fsp3) is 0.0526. The summed E-state index contributed by atoms with van der Waals surface area (Å²) in [6.07, 6.45) is 0.266. The molecule has 132 valence electrons. The van der Waals surface area contributed by atoms with Crippen molar-refractivity contribution in [2.24, 2.45) is 0 Å². The number of amides is 2. The van der Waals surface area contributed by atoms with Crippen LogP contribution in [0.2, 0.25) is 0 Å². The van der Waals surface area contributed by atoms with Crippen LogP contribution < -0.4 is 10.6 Å². The third-order valence-electron chi connectivity index (χ3n) is 3.54. The zero-order valence-electron chi connectivity index (χ0n) is 13.5. The monoisotopic (exact) mass is 480 g/mol. The van der Waals surface area contributed by atoms with Crippen LogP contribution in [0.5, 0.6) is 0 Å². The molecule has 1 heterocycles. The first kappa shape index (κ1) is 18.5. The molecule has 0 spiro atoms. The van der Waals surface area contributed by atoms with Crippen molar-refractivity contribution in [3.63, 3.8) is 0 Å². The minimum absolute atomic E-state index is 0.172. The maximum Gasteiger partial charge on any atom is 0.256 e. The zero-order valence-corrected chi connectivity index (χ0v) is 16.4. The molecule has 0 radical (unpaired) electrons. The van der Waals surface area contributed by atoms with E-state index in [2.05, 4.69) is 10.6 Å². The quantitative estimate of drug-likeness (QED) is 0.510. The van der Waals surface area contributed by atoms with E-state index in [9.17, 15) is 14.0 Å². The van der Waals surface area contributed by atoms with E-state index in [-0.39, 0.29) is 17.9 Å². The molecule has 0 saturated carbocycles. The van der Waals surface area contributed by atoms with Gasteiger partial charge < -0.3 is 10.6 Å². The normalized spacial score (nSPS) is 10.4. The van der Waals surface area contributed by atoms with Gasteiger partial charge in [0.15, 0.2) is 0 Å². The van der Waals surface area contributed by atoms with Gasteiger partial charge in [-0.1, -0.05) is 18.2 Å². The van der Waals surface area contributed by atoms with Gasteiger partial charge >= 0.3 is 0 Å². The molecule has 4 nitrogen and oxygen atoms in total. The summed E-state index contributed by atoms with van der Waals surface area (Å²) in [5.41, 5.74) is 1.19. The Morgan fingerprint density at radius 1 is 1.00 bits per heavy atom. The Balaban J connectivity index is 1.75. The standard InChI is InChI=1S/C19H14FIN2O2S/c20-12-7-8-15(21)14(10-12)19(25)23-17-6-2-1-5-16(17)22-18(24)11-13-4-3-9-26-13/h1-10H,11H2,(H,22,24)(H,23,25). The Bertz CT molecular complexity index is 944. The van der Waals surface area contributed by atoms with Gasteiger partial charge in [0.2, 0.25) is 5.91 Å². The van der Waals surface area contributed by atoms with Crippen molar-refractivity contribution in [3.05, 3.63) is 79.8 Å². The maximum atomic E-state index is 13.4. The summed E-state index contributed by atoms with van der Waals surface area (Å²) in [6, 6.07) is 14.7. The summed E-state index contributed by atoms with van der Waals surface area (Å²) in [5, 5.41) is 7.46. The van der Waals surface area contributed by atoms with Crippen molar-refractivity contribution < 1.29 is 14.0 Å². The van der Waals surface area contributed by atoms with Crippen LogP contribution in [0.1, 0.15) is 15.2 Å². The number of rotatable bonds is 5. The highest BCUT2D eigenvalue weighted by Crippen LogP contribution is 2.23. The summed E-state index contributed by atoms with van der Waals surface area (Å²) in [6.45, 7) is 0. The van der Waals surface area contributed by atoms with Crippen molar-refractivity contribution in [1.82, 2.24) is 0 Å². The van der Waals surface area contributed by atoms with Crippen LogP contribution in [0.15, 0.2) is 60.0 Å². The lowest BCUT2D eigenvalue weighted by molar-refractivity contribution is -0.115. The van der Waals surface area contributed by atoms with Gasteiger partial charge in [0.25, 0.3) is 5.91 Å². The molecule has 0 unspecified atom stereocenters. The number of anilines is 2. The molecule has 0 saturated heterocycles. The first-order valence-electron chi connectivity index (χ1n) is 7.70. The number of hydrogen-bond donors (Lipinski definition) is 2. The van der Waals surface area contributed by atoms with E-state index in [0.29, 0.717) is 14.9 Å². The summed E-state index contributed by atoms with van der Waals surface area (Å²) in [4.78, 5) is 25.7. The number of carbonyl (C=O) groups excluding carboxylic acids is 2. The largest absolute Gasteiger partial charge is 0.324 e. The summed E-state index contributed by atoms with van der Waals surface area (Å²) in [7, 11) is 0. The van der Waals surface area contributed by atoms with E-state index in [4.69, 9.17) is 0 Å². The van der Waals surface area contributed by atoms with Crippen LogP contribution in [0.3, 0.4) is 0 Å². The number of para-hydroxylation sites is 2. The van der Waals surface area contributed by atoms with E-state index >= 15 is 0 Å². The summed E-state index contributed by atoms with van der Waals surface area (Å²) < 4.78 is 14.1. The number of nitrogens with one attached hydrogen (secondary N) is 2. The van der Waals surface area contributed by atoms with Crippen LogP contribution in [-0.2, 0) is 11.2 Å². The summed E-state index contributed by atoms with van der Waals surface area (Å²) in [5.74, 6) is -1.09. The molecule has 0 fully saturated rings. The molecular weight excluding hydrogens is 466 g/mol. The molecular formula is C19H14FIN2O2S. The molecule has 3 aromatic rings. The predicted octanol–water partition coefficient (Wildman–Crippen LogP) is 4.93. The Morgan fingerprint density at radius 3 is 2.42 bits per heavy atom. The Labute approximate surface area is 167 Å². The van der Waals surface area contributed by atoms with E-state index in [1.807, 2.05) is 40.1 Å². The molecule has 3 rings (SSSR count). The van der Waals surface area contributed by atoms with Crippen LogP contribution in [-0.4, -0.2) is 11.8 Å². The SMILES string of the molecule is O=C(Cc1cccs1)Nc1ccccc1NC(=O)c1cc(F)ccc1I. The van der Waals surface area contributed by atoms with Gasteiger partial charge in [-0.25, -0.2) is 4.39 Å². The minimum atomic E-state index is -0.479. The highest BCUT2D eigenvalue weighted by atomic mass is 127. The molecule has 2 amide bonds. The topological polar surface area (TPSA) is 58.2 Å². The van der Waals surface area contributed by atoms with Crippen molar-refractivity contribution in [1.29, 1.82) is 0 Å². The molecule has 1 aromatic heterocycles. The third kappa shape index (κ3) is 4.67. The highest BCUT2D eigenvalue weighted by Gasteiger charge is 2.14. The second kappa shape index (κ2) is 8.41. The van der Waals surface area contributed by atoms with Crippen LogP contribution in [0, 0.1) is 9.39 Å². The molecule has 7 heteroatoms. The van der Waals surface area contributed by atoms with Gasteiger partial charge in [0, 0.05) is 8.45 Å². The molecule has 2 aromatic carbocycles. The Kier molecular flexibility index (Phi) is 6.00. The number of benzene rings is 2. The second-order valence-corrected chi connectivity index (χ2v) is 7.62. The van der Waals surface area contributed by atoms with Crippen molar-refractivity contribution >= 4 is 57.1 Å². The molecule has 26 heavy (non-hydrogen) atoms. The fourth-order valence-electron chi connectivity index (χ4n) is 2.33. The van der Waals surface area contributed by atoms with E-state index < -0.39 is 11.7 Å². The van der Waals surface area contributed by atoms with Crippen molar-refractivity contribution in [3.8, 4) is 0 Å². The van der Waals surface area contributed by atoms with Crippen LogP contribution in [0.4, 0.5) is 15.8 Å².